The van der Waals surface area contributed by atoms with Crippen molar-refractivity contribution in [3.8, 4) is 11.8 Å². The van der Waals surface area contributed by atoms with Crippen LogP contribution in [-0.2, 0) is 4.74 Å². The van der Waals surface area contributed by atoms with E-state index in [1.54, 1.807) is 0 Å². The molecule has 1 N–H and O–H groups in total. The molecule has 4 heteroatoms. The van der Waals surface area contributed by atoms with Gasteiger partial charge in [-0.3, -0.25) is 0 Å². The van der Waals surface area contributed by atoms with E-state index in [2.05, 4.69) is 34.6 Å². The van der Waals surface area contributed by atoms with Gasteiger partial charge in [0, 0.05) is 0 Å². The third kappa shape index (κ3) is 2.62. The molecule has 0 saturated carbocycles. The van der Waals surface area contributed by atoms with Crippen LogP contribution >= 0.6 is 0 Å². The number of hydrogen-bond donors (Lipinski definition) is 1. The molecule has 3 rings (SSSR count). The molecule has 1 aromatic carbocycles. The number of fused-ring (bicyclic) bond motifs is 1. The van der Waals surface area contributed by atoms with Crippen LogP contribution in [-0.4, -0.2) is 36.8 Å². The summed E-state index contributed by atoms with van der Waals surface area (Å²) in [6.45, 7) is 7.36. The number of H-pyrrole nitrogens is 1. The Kier molecular flexibility index (Phi) is 3.48. The van der Waals surface area contributed by atoms with Crippen LogP contribution in [0.4, 0.5) is 0 Å². The Bertz CT molecular complexity index is 660. The van der Waals surface area contributed by atoms with Gasteiger partial charge < -0.3 is 0 Å². The first-order valence-corrected chi connectivity index (χ1v) is 6.55. The number of nitrogens with zero attached hydrogens (tertiary/aromatic N) is 1. The summed E-state index contributed by atoms with van der Waals surface area (Å²) in [5.74, 6) is 7.10. The van der Waals surface area contributed by atoms with Crippen molar-refractivity contribution in [1.29, 1.82) is 0 Å². The van der Waals surface area contributed by atoms with Crippen LogP contribution in [0, 0.1) is 17.8 Å². The Morgan fingerprint density at radius 1 is 1.37 bits per heavy atom. The van der Waals surface area contributed by atoms with E-state index in [4.69, 9.17) is 4.74 Å². The molecule has 0 unspecified atom stereocenters. The minimum absolute atomic E-state index is 0.448. The average Bonchev–Trinajstić information content (AvgIpc) is 2.92. The molecule has 1 aliphatic rings. The van der Waals surface area contributed by atoms with Gasteiger partial charge in [0.05, 0.1) is 0 Å². The molecule has 0 radical (unpaired) electrons. The number of ether oxygens (including phenoxy) is 1. The molecule has 3 nitrogen and oxygen atoms in total. The molecular weight excluding hydrogens is 235 g/mol. The number of rotatable bonds is 1. The summed E-state index contributed by atoms with van der Waals surface area (Å²) in [6, 6.07) is 4.12. The van der Waals surface area contributed by atoms with Crippen LogP contribution in [0.15, 0.2) is 18.3 Å². The summed E-state index contributed by atoms with van der Waals surface area (Å²) >= 11 is 0. The number of aromatic nitrogens is 2. The van der Waals surface area contributed by atoms with Gasteiger partial charge in [-0.15, -0.1) is 0 Å². The molecule has 0 spiro atoms. The molecule has 0 amide bonds. The third-order valence-corrected chi connectivity index (χ3v) is 3.46. The van der Waals surface area contributed by atoms with E-state index in [0.717, 1.165) is 48.0 Å². The second kappa shape index (κ2) is 5.42. The summed E-state index contributed by atoms with van der Waals surface area (Å²) < 4.78 is 5.35. The number of benzene rings is 1. The molecule has 1 saturated heterocycles. The van der Waals surface area contributed by atoms with Crippen molar-refractivity contribution in [2.24, 2.45) is 5.92 Å². The zero-order chi connectivity index (χ0) is 13.1. The van der Waals surface area contributed by atoms with Crippen molar-refractivity contribution < 1.29 is 4.74 Å². The van der Waals surface area contributed by atoms with Gasteiger partial charge in [0.2, 0.25) is 0 Å². The zero-order valence-electron chi connectivity index (χ0n) is 10.8. The maximum absolute atomic E-state index is 5.35. The topological polar surface area (TPSA) is 37.9 Å². The van der Waals surface area contributed by atoms with E-state index in [1.807, 2.05) is 19.2 Å². The Morgan fingerprint density at radius 3 is 3.00 bits per heavy atom. The normalized spacial score (nSPS) is 15.8. The number of nitrogens with one attached hydrogen (secondary N) is 1. The Hall–Kier alpha value is -1.86. The molecule has 19 heavy (non-hydrogen) atoms. The van der Waals surface area contributed by atoms with Gasteiger partial charge >= 0.3 is 112 Å². The Labute approximate surface area is 113 Å². The summed E-state index contributed by atoms with van der Waals surface area (Å²) in [4.78, 5) is 0. The monoisotopic (exact) mass is 250 g/mol. The van der Waals surface area contributed by atoms with Crippen LogP contribution in [0.3, 0.4) is 0 Å². The van der Waals surface area contributed by atoms with Gasteiger partial charge in [0.25, 0.3) is 0 Å². The van der Waals surface area contributed by atoms with Gasteiger partial charge in [-0.1, -0.05) is 0 Å². The second-order valence-corrected chi connectivity index (χ2v) is 4.76. The molecule has 0 bridgehead atoms. The molecule has 94 valence electrons. The molecular formula is C15H15BN2O. The van der Waals surface area contributed by atoms with E-state index >= 15 is 0 Å². The summed E-state index contributed by atoms with van der Waals surface area (Å²) in [6.07, 6.45) is 3.88. The van der Waals surface area contributed by atoms with Crippen molar-refractivity contribution in [2.75, 3.05) is 13.2 Å². The predicted molar refractivity (Wildman–Crippen MR) is 79.0 cm³/mol. The molecule has 1 fully saturated rings. The van der Waals surface area contributed by atoms with Crippen LogP contribution in [0.25, 0.3) is 10.9 Å². The van der Waals surface area contributed by atoms with E-state index in [0.29, 0.717) is 5.92 Å². The van der Waals surface area contributed by atoms with Crippen molar-refractivity contribution in [3.63, 3.8) is 0 Å². The fraction of sp³-hybridized carbons (Fsp3) is 0.333. The Balaban J connectivity index is 1.94. The zero-order valence-corrected chi connectivity index (χ0v) is 10.8. The van der Waals surface area contributed by atoms with Crippen molar-refractivity contribution in [1.82, 2.24) is 10.2 Å². The molecule has 2 aromatic rings. The van der Waals surface area contributed by atoms with Crippen LogP contribution < -0.4 is 5.46 Å². The van der Waals surface area contributed by atoms with Crippen molar-refractivity contribution in [3.05, 3.63) is 23.9 Å². The van der Waals surface area contributed by atoms with Crippen molar-refractivity contribution >= 4 is 29.8 Å². The van der Waals surface area contributed by atoms with E-state index in [-0.39, 0.29) is 0 Å². The number of aromatic amines is 1. The SMILES string of the molecule is C=Bc1cc2cn[nH]c2cc1C#CC1CCOCC1. The molecule has 0 aliphatic carbocycles. The predicted octanol–water partition coefficient (Wildman–Crippen LogP) is 1.10. The Morgan fingerprint density at radius 2 is 2.21 bits per heavy atom. The van der Waals surface area contributed by atoms with E-state index in [1.165, 1.54) is 0 Å². The van der Waals surface area contributed by atoms with Gasteiger partial charge in [-0.05, 0) is 0 Å². The maximum atomic E-state index is 5.35. The fourth-order valence-electron chi connectivity index (χ4n) is 2.31. The molecule has 0 atom stereocenters. The van der Waals surface area contributed by atoms with Gasteiger partial charge in [-0.2, -0.15) is 0 Å². The second-order valence-electron chi connectivity index (χ2n) is 4.76. The van der Waals surface area contributed by atoms with Gasteiger partial charge in [-0.25, -0.2) is 0 Å². The standard InChI is InChI=1S/C15H15BN2O/c1-16-14-8-13-10-17-18-15(13)9-12(14)3-2-11-4-6-19-7-5-11/h8-11H,1,4-7H2,(H,17,18). The summed E-state index contributed by atoms with van der Waals surface area (Å²) in [7, 11) is 0. The summed E-state index contributed by atoms with van der Waals surface area (Å²) in [5, 5.41) is 8.11. The van der Waals surface area contributed by atoms with E-state index in [9.17, 15) is 0 Å². The van der Waals surface area contributed by atoms with Gasteiger partial charge in [0.15, 0.2) is 0 Å². The fourth-order valence-corrected chi connectivity index (χ4v) is 2.31. The first-order chi connectivity index (χ1) is 9.36. The quantitative estimate of drug-likeness (QED) is 0.608. The first kappa shape index (κ1) is 12.2. The van der Waals surface area contributed by atoms with E-state index < -0.39 is 0 Å². The minimum atomic E-state index is 0.448. The molecule has 1 aromatic heterocycles. The molecule has 1 aliphatic heterocycles. The first-order valence-electron chi connectivity index (χ1n) is 6.55. The van der Waals surface area contributed by atoms with Crippen LogP contribution in [0.5, 0.6) is 0 Å². The average molecular weight is 250 g/mol. The van der Waals surface area contributed by atoms with Gasteiger partial charge in [0.1, 0.15) is 0 Å². The van der Waals surface area contributed by atoms with Crippen molar-refractivity contribution in [2.45, 2.75) is 12.8 Å². The summed E-state index contributed by atoms with van der Waals surface area (Å²) in [5.41, 5.74) is 3.09. The van der Waals surface area contributed by atoms with Crippen LogP contribution in [0.1, 0.15) is 18.4 Å². The third-order valence-electron chi connectivity index (χ3n) is 3.46. The van der Waals surface area contributed by atoms with Crippen LogP contribution in [0.2, 0.25) is 0 Å². The molecule has 2 heterocycles. The number of hydrogen-bond acceptors (Lipinski definition) is 2.